The number of hydrogen-bond acceptors (Lipinski definition) is 2. The molecule has 1 atom stereocenters. The van der Waals surface area contributed by atoms with Gasteiger partial charge in [-0.1, -0.05) is 12.1 Å². The molecule has 0 spiro atoms. The Labute approximate surface area is 122 Å². The first-order valence-electron chi connectivity index (χ1n) is 5.79. The van der Waals surface area contributed by atoms with E-state index >= 15 is 0 Å². The highest BCUT2D eigenvalue weighted by Crippen LogP contribution is 2.24. The number of anilines is 1. The minimum atomic E-state index is -1.03. The van der Waals surface area contributed by atoms with E-state index in [1.807, 2.05) is 0 Å². The van der Waals surface area contributed by atoms with Gasteiger partial charge >= 0.3 is 0 Å². The maximum atomic E-state index is 13.5. The summed E-state index contributed by atoms with van der Waals surface area (Å²) < 4.78 is 39.9. The molecule has 0 radical (unpaired) electrons. The summed E-state index contributed by atoms with van der Waals surface area (Å²) in [6.07, 6.45) is -1.03. The number of hydrogen-bond donors (Lipinski definition) is 2. The van der Waals surface area contributed by atoms with Crippen LogP contribution in [-0.2, 0) is 0 Å². The molecule has 0 aliphatic carbocycles. The second-order valence-corrected chi connectivity index (χ2v) is 5.05. The van der Waals surface area contributed by atoms with E-state index in [0.717, 1.165) is 12.1 Å². The van der Waals surface area contributed by atoms with Crippen LogP contribution in [0.25, 0.3) is 0 Å². The molecule has 0 saturated heterocycles. The highest BCUT2D eigenvalue weighted by molar-refractivity contribution is 9.10. The van der Waals surface area contributed by atoms with Gasteiger partial charge in [-0.3, -0.25) is 0 Å². The van der Waals surface area contributed by atoms with Crippen LogP contribution in [0.2, 0.25) is 0 Å². The van der Waals surface area contributed by atoms with Crippen molar-refractivity contribution in [2.75, 3.05) is 11.9 Å². The molecule has 0 aliphatic heterocycles. The van der Waals surface area contributed by atoms with Crippen molar-refractivity contribution in [1.82, 2.24) is 0 Å². The predicted molar refractivity (Wildman–Crippen MR) is 73.9 cm³/mol. The van der Waals surface area contributed by atoms with Gasteiger partial charge in [0.2, 0.25) is 0 Å². The molecule has 6 heteroatoms. The van der Waals surface area contributed by atoms with E-state index in [2.05, 4.69) is 21.2 Å². The van der Waals surface area contributed by atoms with Crippen molar-refractivity contribution in [2.45, 2.75) is 6.10 Å². The van der Waals surface area contributed by atoms with Gasteiger partial charge in [0, 0.05) is 12.6 Å². The third-order valence-corrected chi connectivity index (χ3v) is 3.34. The lowest BCUT2D eigenvalue weighted by Gasteiger charge is -2.14. The van der Waals surface area contributed by atoms with E-state index in [9.17, 15) is 18.3 Å². The van der Waals surface area contributed by atoms with E-state index < -0.39 is 23.6 Å². The van der Waals surface area contributed by atoms with Gasteiger partial charge in [-0.05, 0) is 39.7 Å². The van der Waals surface area contributed by atoms with Gasteiger partial charge in [-0.15, -0.1) is 0 Å². The van der Waals surface area contributed by atoms with Gasteiger partial charge < -0.3 is 10.4 Å². The zero-order valence-corrected chi connectivity index (χ0v) is 11.8. The molecular weight excluding hydrogens is 335 g/mol. The quantitative estimate of drug-likeness (QED) is 0.820. The Kier molecular flexibility index (Phi) is 4.67. The maximum absolute atomic E-state index is 13.5. The molecule has 2 N–H and O–H groups in total. The van der Waals surface area contributed by atoms with E-state index in [1.165, 1.54) is 18.2 Å². The largest absolute Gasteiger partial charge is 0.387 e. The molecule has 0 aromatic heterocycles. The van der Waals surface area contributed by atoms with Crippen molar-refractivity contribution in [3.05, 3.63) is 63.9 Å². The van der Waals surface area contributed by atoms with Crippen LogP contribution in [0.15, 0.2) is 40.9 Å². The minimum Gasteiger partial charge on any atom is -0.387 e. The zero-order chi connectivity index (χ0) is 14.7. The number of halogens is 4. The normalized spacial score (nSPS) is 12.2. The van der Waals surface area contributed by atoms with Crippen molar-refractivity contribution in [1.29, 1.82) is 0 Å². The van der Waals surface area contributed by atoms with Crippen molar-refractivity contribution in [2.24, 2.45) is 0 Å². The summed E-state index contributed by atoms with van der Waals surface area (Å²) in [7, 11) is 0. The Morgan fingerprint density at radius 1 is 1.10 bits per heavy atom. The number of aliphatic hydroxyl groups excluding tert-OH is 1. The molecule has 2 nitrogen and oxygen atoms in total. The highest BCUT2D eigenvalue weighted by atomic mass is 79.9. The summed E-state index contributed by atoms with van der Waals surface area (Å²) >= 11 is 2.87. The monoisotopic (exact) mass is 345 g/mol. The predicted octanol–water partition coefficient (Wildman–Crippen LogP) is 4.01. The zero-order valence-electron chi connectivity index (χ0n) is 10.2. The SMILES string of the molecule is OC(CNc1cc(F)c(Br)cc1F)c1cccc(F)c1. The topological polar surface area (TPSA) is 32.3 Å². The lowest BCUT2D eigenvalue weighted by molar-refractivity contribution is 0.191. The summed E-state index contributed by atoms with van der Waals surface area (Å²) in [6, 6.07) is 7.43. The van der Waals surface area contributed by atoms with Crippen LogP contribution < -0.4 is 5.32 Å². The standard InChI is InChI=1S/C14H11BrF3NO/c15-10-5-12(18)13(6-11(10)17)19-7-14(20)8-2-1-3-9(16)4-8/h1-6,14,19-20H,7H2. The molecule has 2 aromatic rings. The molecule has 2 aromatic carbocycles. The van der Waals surface area contributed by atoms with Gasteiger partial charge in [-0.25, -0.2) is 13.2 Å². The number of rotatable bonds is 4. The lowest BCUT2D eigenvalue weighted by Crippen LogP contribution is -2.13. The molecule has 0 aliphatic rings. The number of aliphatic hydroxyl groups is 1. The third kappa shape index (κ3) is 3.52. The first-order valence-corrected chi connectivity index (χ1v) is 6.58. The van der Waals surface area contributed by atoms with Crippen molar-refractivity contribution in [3.63, 3.8) is 0 Å². The molecule has 1 unspecified atom stereocenters. The fraction of sp³-hybridized carbons (Fsp3) is 0.143. The average molecular weight is 346 g/mol. The van der Waals surface area contributed by atoms with Crippen LogP contribution in [0.3, 0.4) is 0 Å². The van der Waals surface area contributed by atoms with Gasteiger partial charge in [0.15, 0.2) is 0 Å². The fourth-order valence-electron chi connectivity index (χ4n) is 1.70. The van der Waals surface area contributed by atoms with Crippen LogP contribution in [0, 0.1) is 17.5 Å². The Bertz CT molecular complexity index is 621. The Hall–Kier alpha value is -1.53. The van der Waals surface area contributed by atoms with Crippen LogP contribution in [0.5, 0.6) is 0 Å². The van der Waals surface area contributed by atoms with Gasteiger partial charge in [0.25, 0.3) is 0 Å². The van der Waals surface area contributed by atoms with Gasteiger partial charge in [-0.2, -0.15) is 0 Å². The van der Waals surface area contributed by atoms with Gasteiger partial charge in [0.1, 0.15) is 17.5 Å². The Morgan fingerprint density at radius 2 is 1.85 bits per heavy atom. The van der Waals surface area contributed by atoms with Crippen molar-refractivity contribution < 1.29 is 18.3 Å². The average Bonchev–Trinajstić information content (AvgIpc) is 2.41. The maximum Gasteiger partial charge on any atom is 0.147 e. The molecule has 0 bridgehead atoms. The molecule has 0 saturated carbocycles. The molecule has 0 fully saturated rings. The van der Waals surface area contributed by atoms with Crippen LogP contribution in [0.1, 0.15) is 11.7 Å². The first-order chi connectivity index (χ1) is 9.47. The number of benzene rings is 2. The second kappa shape index (κ2) is 6.28. The fourth-order valence-corrected chi connectivity index (χ4v) is 2.01. The summed E-state index contributed by atoms with van der Waals surface area (Å²) in [5.74, 6) is -1.73. The van der Waals surface area contributed by atoms with E-state index in [1.54, 1.807) is 6.07 Å². The second-order valence-electron chi connectivity index (χ2n) is 4.20. The Balaban J connectivity index is 2.07. The van der Waals surface area contributed by atoms with E-state index in [-0.39, 0.29) is 16.7 Å². The molecule has 20 heavy (non-hydrogen) atoms. The molecular formula is C14H11BrF3NO. The molecule has 2 rings (SSSR count). The van der Waals surface area contributed by atoms with Crippen molar-refractivity contribution >= 4 is 21.6 Å². The summed E-state index contributed by atoms with van der Waals surface area (Å²) in [5, 5.41) is 12.5. The lowest BCUT2D eigenvalue weighted by atomic mass is 10.1. The van der Waals surface area contributed by atoms with Crippen LogP contribution in [-0.4, -0.2) is 11.7 Å². The van der Waals surface area contributed by atoms with Gasteiger partial charge in [0.05, 0.1) is 16.3 Å². The first kappa shape index (κ1) is 14.9. The summed E-state index contributed by atoms with van der Waals surface area (Å²) in [6.45, 7) is -0.0680. The van der Waals surface area contributed by atoms with E-state index in [0.29, 0.717) is 5.56 Å². The molecule has 0 amide bonds. The molecule has 106 valence electrons. The highest BCUT2D eigenvalue weighted by Gasteiger charge is 2.12. The smallest absolute Gasteiger partial charge is 0.147 e. The van der Waals surface area contributed by atoms with E-state index in [4.69, 9.17) is 0 Å². The Morgan fingerprint density at radius 3 is 2.55 bits per heavy atom. The summed E-state index contributed by atoms with van der Waals surface area (Å²) in [4.78, 5) is 0. The number of nitrogens with one attached hydrogen (secondary N) is 1. The third-order valence-electron chi connectivity index (χ3n) is 2.73. The molecule has 0 heterocycles. The minimum absolute atomic E-state index is 0.0197. The van der Waals surface area contributed by atoms with Crippen molar-refractivity contribution in [3.8, 4) is 0 Å². The van der Waals surface area contributed by atoms with Crippen LogP contribution >= 0.6 is 15.9 Å². The summed E-state index contributed by atoms with van der Waals surface area (Å²) in [5.41, 5.74) is 0.289. The van der Waals surface area contributed by atoms with Crippen LogP contribution in [0.4, 0.5) is 18.9 Å².